The summed E-state index contributed by atoms with van der Waals surface area (Å²) in [5.41, 5.74) is 0. The lowest BCUT2D eigenvalue weighted by Crippen LogP contribution is -2.61. The zero-order valence-electron chi connectivity index (χ0n) is 52.0. The number of carbonyl (C=O) groups excluding carboxylic acids is 2. The first kappa shape index (κ1) is 75.6. The Labute approximate surface area is 491 Å². The van der Waals surface area contributed by atoms with E-state index in [1.165, 1.54) is 186 Å². The van der Waals surface area contributed by atoms with Gasteiger partial charge in [-0.05, 0) is 57.8 Å². The molecular weight excluding hydrogens is 1000 g/mol. The van der Waals surface area contributed by atoms with Crippen molar-refractivity contribution < 1.29 is 49.3 Å². The Hall–Kier alpha value is -2.38. The van der Waals surface area contributed by atoms with Gasteiger partial charge in [-0.3, -0.25) is 9.59 Å². The summed E-state index contributed by atoms with van der Waals surface area (Å²) in [6, 6.07) is -1.03. The van der Waals surface area contributed by atoms with Gasteiger partial charge in [0.15, 0.2) is 12.4 Å². The molecule has 8 unspecified atom stereocenters. The Bertz CT molecular complexity index is 1490. The van der Waals surface area contributed by atoms with Crippen molar-refractivity contribution in [3.8, 4) is 0 Å². The zero-order valence-corrected chi connectivity index (χ0v) is 52.0. The normalized spacial score (nSPS) is 19.0. The first-order chi connectivity index (χ1) is 39.2. The van der Waals surface area contributed by atoms with Crippen molar-refractivity contribution in [3.05, 3.63) is 48.6 Å². The van der Waals surface area contributed by atoms with E-state index >= 15 is 0 Å². The van der Waals surface area contributed by atoms with Gasteiger partial charge in [0.25, 0.3) is 0 Å². The minimum atomic E-state index is -1.62. The van der Waals surface area contributed by atoms with Crippen LogP contribution in [-0.4, -0.2) is 99.6 Å². The molecule has 11 heteroatoms. The summed E-state index contributed by atoms with van der Waals surface area (Å²) in [5, 5.41) is 57.1. The second-order valence-corrected chi connectivity index (χ2v) is 23.5. The molecule has 11 nitrogen and oxygen atoms in total. The quantitative estimate of drug-likeness (QED) is 0.0195. The largest absolute Gasteiger partial charge is 0.454 e. The molecule has 0 aliphatic carbocycles. The van der Waals surface area contributed by atoms with Crippen LogP contribution in [0.4, 0.5) is 0 Å². The predicted octanol–water partition coefficient (Wildman–Crippen LogP) is 16.8. The van der Waals surface area contributed by atoms with Gasteiger partial charge < -0.3 is 45.1 Å². The minimum Gasteiger partial charge on any atom is -0.454 e. The fourth-order valence-corrected chi connectivity index (χ4v) is 10.7. The second kappa shape index (κ2) is 57.1. The smallest absolute Gasteiger partial charge is 0.306 e. The molecule has 0 bridgehead atoms. The van der Waals surface area contributed by atoms with Crippen molar-refractivity contribution in [2.45, 2.75) is 365 Å². The fourth-order valence-electron chi connectivity index (χ4n) is 10.7. The van der Waals surface area contributed by atoms with Gasteiger partial charge >= 0.3 is 5.97 Å². The maximum atomic E-state index is 13.5. The number of hydrogen-bond acceptors (Lipinski definition) is 10. The number of allylic oxidation sites excluding steroid dienone is 7. The van der Waals surface area contributed by atoms with Crippen molar-refractivity contribution in [1.82, 2.24) is 5.32 Å². The SMILES string of the molecule is CC/C=C/C/C=C/C/C=C/CCCCCCC(=O)OC1C(OCC(NC(=O)C(O)CCCCCCCCCCCCCCCCCCCCCCCCCC)C(O)/C=C/CCCCCCCCCCCCC)OC(CO)C(O)C1O. The van der Waals surface area contributed by atoms with E-state index in [1.54, 1.807) is 6.08 Å². The van der Waals surface area contributed by atoms with Crippen LogP contribution in [0.1, 0.15) is 316 Å². The summed E-state index contributed by atoms with van der Waals surface area (Å²) in [5.74, 6) is -1.21. The molecule has 1 aliphatic heterocycles. The molecule has 1 heterocycles. The molecule has 0 aromatic carbocycles. The Morgan fingerprint density at radius 3 is 1.35 bits per heavy atom. The van der Waals surface area contributed by atoms with Gasteiger partial charge in [0.05, 0.1) is 25.4 Å². The molecule has 0 radical (unpaired) electrons. The van der Waals surface area contributed by atoms with Crippen molar-refractivity contribution in [3.63, 3.8) is 0 Å². The number of amides is 1. The zero-order chi connectivity index (χ0) is 58.2. The van der Waals surface area contributed by atoms with Crippen molar-refractivity contribution >= 4 is 11.9 Å². The van der Waals surface area contributed by atoms with Crippen LogP contribution in [0, 0.1) is 0 Å². The van der Waals surface area contributed by atoms with Crippen LogP contribution >= 0.6 is 0 Å². The monoisotopic (exact) mass is 1130 g/mol. The number of hydrogen-bond donors (Lipinski definition) is 6. The van der Waals surface area contributed by atoms with E-state index in [-0.39, 0.29) is 13.0 Å². The van der Waals surface area contributed by atoms with E-state index in [0.29, 0.717) is 19.3 Å². The third-order valence-electron chi connectivity index (χ3n) is 16.0. The molecule has 0 saturated carbocycles. The highest BCUT2D eigenvalue weighted by atomic mass is 16.7. The molecule has 6 N–H and O–H groups in total. The number of rotatable bonds is 58. The van der Waals surface area contributed by atoms with E-state index in [1.807, 2.05) is 6.08 Å². The van der Waals surface area contributed by atoms with Crippen molar-refractivity contribution in [2.24, 2.45) is 0 Å². The van der Waals surface area contributed by atoms with Crippen LogP contribution in [0.2, 0.25) is 0 Å². The molecule has 468 valence electrons. The average Bonchev–Trinajstić information content (AvgIpc) is 3.53. The highest BCUT2D eigenvalue weighted by Gasteiger charge is 2.47. The molecule has 1 fully saturated rings. The standard InChI is InChI=1S/C69H127NO10/c1-4-7-10-13-16-19-22-25-27-28-29-30-31-32-33-34-35-36-38-41-44-47-50-53-56-62(73)68(77)70-60(61(72)55-52-49-46-43-40-37-24-21-18-15-12-9-6-3)59-78-69-67(66(76)65(75)63(58-71)79-69)80-64(74)57-54-51-48-45-42-39-26-23-20-17-14-11-8-5-2/h8,11,17,20,26,39,52,55,60-63,65-67,69,71-73,75-76H,4-7,9-10,12-16,18-19,21-25,27-38,40-51,53-54,56-59H2,1-3H3,(H,70,77)/b11-8+,20-17+,39-26+,55-52+. The number of carbonyl (C=O) groups is 2. The lowest BCUT2D eigenvalue weighted by molar-refractivity contribution is -0.305. The van der Waals surface area contributed by atoms with Crippen LogP contribution < -0.4 is 5.32 Å². The van der Waals surface area contributed by atoms with Crippen LogP contribution in [0.25, 0.3) is 0 Å². The van der Waals surface area contributed by atoms with Crippen LogP contribution in [0.5, 0.6) is 0 Å². The summed E-state index contributed by atoms with van der Waals surface area (Å²) >= 11 is 0. The Morgan fingerprint density at radius 1 is 0.500 bits per heavy atom. The molecule has 80 heavy (non-hydrogen) atoms. The average molecular weight is 1130 g/mol. The van der Waals surface area contributed by atoms with Gasteiger partial charge in [-0.2, -0.15) is 0 Å². The lowest BCUT2D eigenvalue weighted by Gasteiger charge is -2.41. The van der Waals surface area contributed by atoms with Crippen LogP contribution in [0.15, 0.2) is 48.6 Å². The molecule has 1 rings (SSSR count). The first-order valence-electron chi connectivity index (χ1n) is 33.9. The summed E-state index contributed by atoms with van der Waals surface area (Å²) in [7, 11) is 0. The predicted molar refractivity (Wildman–Crippen MR) is 334 cm³/mol. The van der Waals surface area contributed by atoms with Crippen molar-refractivity contribution in [2.75, 3.05) is 13.2 Å². The maximum Gasteiger partial charge on any atom is 0.306 e. The number of aliphatic hydroxyl groups is 5. The number of ether oxygens (including phenoxy) is 3. The van der Waals surface area contributed by atoms with Gasteiger partial charge in [-0.1, -0.05) is 301 Å². The van der Waals surface area contributed by atoms with Gasteiger partial charge in [0.1, 0.15) is 24.4 Å². The van der Waals surface area contributed by atoms with Gasteiger partial charge in [0.2, 0.25) is 5.91 Å². The summed E-state index contributed by atoms with van der Waals surface area (Å²) in [6.45, 7) is 5.70. The Kier molecular flexibility index (Phi) is 54.0. The molecule has 0 aromatic heterocycles. The first-order valence-corrected chi connectivity index (χ1v) is 33.9. The van der Waals surface area contributed by atoms with E-state index in [9.17, 15) is 35.1 Å². The van der Waals surface area contributed by atoms with Gasteiger partial charge in [0, 0.05) is 6.42 Å². The van der Waals surface area contributed by atoms with Gasteiger partial charge in [-0.25, -0.2) is 0 Å². The third-order valence-corrected chi connectivity index (χ3v) is 16.0. The topological polar surface area (TPSA) is 175 Å². The highest BCUT2D eigenvalue weighted by Crippen LogP contribution is 2.26. The Morgan fingerprint density at radius 2 is 0.900 bits per heavy atom. The highest BCUT2D eigenvalue weighted by molar-refractivity contribution is 5.80. The van der Waals surface area contributed by atoms with Gasteiger partial charge in [-0.15, -0.1) is 0 Å². The van der Waals surface area contributed by atoms with Crippen LogP contribution in [0.3, 0.4) is 0 Å². The van der Waals surface area contributed by atoms with Crippen molar-refractivity contribution in [1.29, 1.82) is 0 Å². The van der Waals surface area contributed by atoms with E-state index in [2.05, 4.69) is 62.5 Å². The second-order valence-electron chi connectivity index (χ2n) is 23.5. The molecule has 0 spiro atoms. The lowest BCUT2D eigenvalue weighted by atomic mass is 9.99. The third kappa shape index (κ3) is 44.2. The molecule has 8 atom stereocenters. The summed E-state index contributed by atoms with van der Waals surface area (Å²) in [6.07, 6.45) is 60.2. The number of esters is 1. The number of aliphatic hydroxyl groups excluding tert-OH is 5. The minimum absolute atomic E-state index is 0.0986. The van der Waals surface area contributed by atoms with E-state index in [0.717, 1.165) is 83.5 Å². The fraction of sp³-hybridized carbons (Fsp3) is 0.855. The molecule has 1 amide bonds. The molecular formula is C69H127NO10. The summed E-state index contributed by atoms with van der Waals surface area (Å²) < 4.78 is 17.6. The van der Waals surface area contributed by atoms with Crippen LogP contribution in [-0.2, 0) is 23.8 Å². The molecule has 1 aliphatic rings. The number of nitrogens with one attached hydrogen (secondary N) is 1. The summed E-state index contributed by atoms with van der Waals surface area (Å²) in [4.78, 5) is 26.6. The maximum absolute atomic E-state index is 13.5. The Balaban J connectivity index is 2.59. The number of unbranched alkanes of at least 4 members (excludes halogenated alkanes) is 38. The van der Waals surface area contributed by atoms with E-state index < -0.39 is 67.4 Å². The molecule has 1 saturated heterocycles. The molecule has 0 aromatic rings. The van der Waals surface area contributed by atoms with E-state index in [4.69, 9.17) is 14.2 Å².